The van der Waals surface area contributed by atoms with Gasteiger partial charge in [-0.1, -0.05) is 36.4 Å². The average molecular weight is 245 g/mol. The van der Waals surface area contributed by atoms with Crippen LogP contribution in [0, 0.1) is 0 Å². The van der Waals surface area contributed by atoms with E-state index < -0.39 is 8.26 Å². The predicted octanol–water partition coefficient (Wildman–Crippen LogP) is 0.944. The van der Waals surface area contributed by atoms with Crippen LogP contribution in [0.2, 0.25) is 0 Å². The Morgan fingerprint density at radius 2 is 0.833 bits per heavy atom. The molecule has 1 aromatic rings. The zero-order chi connectivity index (χ0) is 8.74. The molecule has 0 saturated heterocycles. The van der Waals surface area contributed by atoms with Gasteiger partial charge in [0.05, 0.1) is 0 Å². The van der Waals surface area contributed by atoms with Crippen molar-refractivity contribution in [2.24, 2.45) is 0 Å². The van der Waals surface area contributed by atoms with E-state index in [1.54, 1.807) is 0 Å². The van der Waals surface area contributed by atoms with Crippen molar-refractivity contribution in [3.8, 4) is 0 Å². The highest BCUT2D eigenvalue weighted by Gasteiger charge is 1.88. The van der Waals surface area contributed by atoms with E-state index in [0.29, 0.717) is 0 Å². The molecule has 70 valence electrons. The fourth-order valence-corrected chi connectivity index (χ4v) is 0.385. The van der Waals surface area contributed by atoms with E-state index in [-0.39, 0.29) is 11.0 Å². The van der Waals surface area contributed by atoms with Crippen LogP contribution < -0.4 is 0 Å². The first-order chi connectivity index (χ1) is 5.00. The first kappa shape index (κ1) is 14.5. The Kier molecular flexibility index (Phi) is 9.19. The van der Waals surface area contributed by atoms with Crippen molar-refractivity contribution >= 4 is 40.6 Å². The minimum atomic E-state index is -3.72. The fourth-order valence-electron chi connectivity index (χ4n) is 0.385. The maximum atomic E-state index is 9.16. The fraction of sp³-hybridized carbons (Fsp3) is 0. The van der Waals surface area contributed by atoms with Gasteiger partial charge in [0, 0.05) is 21.4 Å². The third-order valence-corrected chi connectivity index (χ3v) is 0.667. The van der Waals surface area contributed by atoms with Crippen molar-refractivity contribution in [3.05, 3.63) is 36.4 Å². The number of rotatable bonds is 0. The highest BCUT2D eigenvalue weighted by atomic mass is 36.0. The molecule has 6 heteroatoms. The Bertz CT molecular complexity index is 240. The van der Waals surface area contributed by atoms with Crippen molar-refractivity contribution < 1.29 is 8.42 Å². The Balaban J connectivity index is 0. The molecule has 0 saturated carbocycles. The summed E-state index contributed by atoms with van der Waals surface area (Å²) in [5, 5.41) is 0. The van der Waals surface area contributed by atoms with E-state index in [1.165, 1.54) is 0 Å². The highest BCUT2D eigenvalue weighted by Crippen LogP contribution is 1.98. The second-order valence-corrected chi connectivity index (χ2v) is 5.20. The molecule has 1 rings (SSSR count). The summed E-state index contributed by atoms with van der Waals surface area (Å²) in [6.45, 7) is 0. The van der Waals surface area contributed by atoms with E-state index in [0.717, 1.165) is 0 Å². The van der Waals surface area contributed by atoms with Crippen LogP contribution in [0.5, 0.6) is 0 Å². The SMILES string of the molecule is O=S(=O)(Cl)Cl.[SiH4].c1ccccc1. The molecule has 2 nitrogen and oxygen atoms in total. The average Bonchev–Trinajstić information content (AvgIpc) is 1.88. The summed E-state index contributed by atoms with van der Waals surface area (Å²) in [6, 6.07) is 12.0. The standard InChI is InChI=1S/C6H6.Cl2O2S.H4Si/c1-2-4-6-5-3-1;1-5(2,3)4;/h1-6H;;1H4. The molecule has 0 fully saturated rings. The largest absolute Gasteiger partial charge is 0.317 e. The lowest BCUT2D eigenvalue weighted by atomic mass is 10.4. The van der Waals surface area contributed by atoms with Crippen molar-refractivity contribution in [1.82, 2.24) is 0 Å². The molecule has 0 aliphatic rings. The van der Waals surface area contributed by atoms with Crippen LogP contribution in [0.25, 0.3) is 0 Å². The Morgan fingerprint density at radius 1 is 0.750 bits per heavy atom. The number of halogens is 2. The molecule has 0 N–H and O–H groups in total. The first-order valence-electron chi connectivity index (χ1n) is 2.64. The molecular formula is C6H10Cl2O2SSi. The molecular weight excluding hydrogens is 235 g/mol. The summed E-state index contributed by atoms with van der Waals surface area (Å²) in [7, 11) is 4.81. The third-order valence-electron chi connectivity index (χ3n) is 0.667. The summed E-state index contributed by atoms with van der Waals surface area (Å²) in [4.78, 5) is 0. The van der Waals surface area contributed by atoms with Crippen molar-refractivity contribution in [1.29, 1.82) is 0 Å². The molecule has 0 aliphatic carbocycles. The van der Waals surface area contributed by atoms with Gasteiger partial charge in [-0.3, -0.25) is 0 Å². The van der Waals surface area contributed by atoms with Crippen molar-refractivity contribution in [2.45, 2.75) is 0 Å². The van der Waals surface area contributed by atoms with Crippen LogP contribution in [0.4, 0.5) is 0 Å². The van der Waals surface area contributed by atoms with E-state index in [9.17, 15) is 0 Å². The number of hydrogen-bond donors (Lipinski definition) is 0. The lowest BCUT2D eigenvalue weighted by Crippen LogP contribution is -1.63. The van der Waals surface area contributed by atoms with Gasteiger partial charge in [0.25, 0.3) is 0 Å². The van der Waals surface area contributed by atoms with Gasteiger partial charge in [0.1, 0.15) is 0 Å². The van der Waals surface area contributed by atoms with Crippen LogP contribution in [-0.4, -0.2) is 19.4 Å². The molecule has 12 heavy (non-hydrogen) atoms. The molecule has 0 aromatic heterocycles. The summed E-state index contributed by atoms with van der Waals surface area (Å²) >= 11 is 0. The quantitative estimate of drug-likeness (QED) is 0.503. The van der Waals surface area contributed by atoms with Crippen molar-refractivity contribution in [3.63, 3.8) is 0 Å². The normalized spacial score (nSPS) is 8.83. The topological polar surface area (TPSA) is 34.1 Å². The summed E-state index contributed by atoms with van der Waals surface area (Å²) < 4.78 is 18.3. The molecule has 0 unspecified atom stereocenters. The minimum Gasteiger partial charge on any atom is -0.195 e. The molecule has 0 aliphatic heterocycles. The van der Waals surface area contributed by atoms with Gasteiger partial charge in [0.2, 0.25) is 0 Å². The zero-order valence-corrected chi connectivity index (χ0v) is 7.77. The van der Waals surface area contributed by atoms with Crippen LogP contribution in [0.1, 0.15) is 0 Å². The molecule has 0 bridgehead atoms. The molecule has 0 atom stereocenters. The lowest BCUT2D eigenvalue weighted by Gasteiger charge is -1.69. The van der Waals surface area contributed by atoms with Gasteiger partial charge in [0.15, 0.2) is 0 Å². The molecule has 0 radical (unpaired) electrons. The van der Waals surface area contributed by atoms with E-state index in [2.05, 4.69) is 21.4 Å². The molecule has 0 amide bonds. The number of hydrogen-bond acceptors (Lipinski definition) is 2. The van der Waals surface area contributed by atoms with Gasteiger partial charge in [-0.25, -0.2) is 0 Å². The molecule has 1 aromatic carbocycles. The van der Waals surface area contributed by atoms with E-state index in [4.69, 9.17) is 8.42 Å². The van der Waals surface area contributed by atoms with Gasteiger partial charge in [-0.2, -0.15) is 8.42 Å². The zero-order valence-electron chi connectivity index (χ0n) is 5.44. The smallest absolute Gasteiger partial charge is 0.195 e. The summed E-state index contributed by atoms with van der Waals surface area (Å²) in [5.41, 5.74) is 0. The Hall–Kier alpha value is -0.0331. The third kappa shape index (κ3) is 22.5. The van der Waals surface area contributed by atoms with Crippen molar-refractivity contribution in [2.75, 3.05) is 0 Å². The Morgan fingerprint density at radius 3 is 0.917 bits per heavy atom. The van der Waals surface area contributed by atoms with Gasteiger partial charge in [-0.05, 0) is 11.0 Å². The van der Waals surface area contributed by atoms with Gasteiger partial charge >= 0.3 is 8.26 Å². The Labute approximate surface area is 85.5 Å². The van der Waals surface area contributed by atoms with E-state index in [1.807, 2.05) is 36.4 Å². The monoisotopic (exact) mass is 244 g/mol. The maximum absolute atomic E-state index is 9.16. The second kappa shape index (κ2) is 7.61. The van der Waals surface area contributed by atoms with Crippen LogP contribution in [-0.2, 0) is 8.26 Å². The van der Waals surface area contributed by atoms with Crippen LogP contribution in [0.15, 0.2) is 36.4 Å². The minimum absolute atomic E-state index is 0. The highest BCUT2D eigenvalue weighted by molar-refractivity contribution is 8.31. The summed E-state index contributed by atoms with van der Waals surface area (Å²) in [5.74, 6) is 0. The molecule has 0 spiro atoms. The van der Waals surface area contributed by atoms with E-state index >= 15 is 0 Å². The summed E-state index contributed by atoms with van der Waals surface area (Å²) in [6.07, 6.45) is 0. The van der Waals surface area contributed by atoms with Crippen LogP contribution in [0.3, 0.4) is 0 Å². The second-order valence-electron chi connectivity index (χ2n) is 1.53. The predicted molar refractivity (Wildman–Crippen MR) is 58.4 cm³/mol. The van der Waals surface area contributed by atoms with Crippen LogP contribution >= 0.6 is 21.4 Å². The number of benzene rings is 1. The molecule has 0 heterocycles. The lowest BCUT2D eigenvalue weighted by molar-refractivity contribution is 0.621. The maximum Gasteiger partial charge on any atom is 0.317 e. The first-order valence-corrected chi connectivity index (χ1v) is 5.78. The van der Waals surface area contributed by atoms with Gasteiger partial charge in [-0.15, -0.1) is 0 Å². The van der Waals surface area contributed by atoms with Gasteiger partial charge < -0.3 is 0 Å².